The lowest BCUT2D eigenvalue weighted by Crippen LogP contribution is -2.25. The van der Waals surface area contributed by atoms with Gasteiger partial charge in [-0.2, -0.15) is 20.1 Å². The van der Waals surface area contributed by atoms with Crippen LogP contribution in [0.3, 0.4) is 0 Å². The van der Waals surface area contributed by atoms with Crippen molar-refractivity contribution in [3.63, 3.8) is 0 Å². The molecule has 0 amide bonds. The van der Waals surface area contributed by atoms with Gasteiger partial charge >= 0.3 is 0 Å². The van der Waals surface area contributed by atoms with Gasteiger partial charge in [0.2, 0.25) is 11.9 Å². The summed E-state index contributed by atoms with van der Waals surface area (Å²) in [7, 11) is 0. The van der Waals surface area contributed by atoms with Gasteiger partial charge in [-0.15, -0.1) is 0 Å². The van der Waals surface area contributed by atoms with Crippen molar-refractivity contribution >= 4 is 11.9 Å². The predicted octanol–water partition coefficient (Wildman–Crippen LogP) is -0.969. The van der Waals surface area contributed by atoms with Gasteiger partial charge in [-0.05, 0) is 13.0 Å². The van der Waals surface area contributed by atoms with Gasteiger partial charge in [-0.1, -0.05) is 0 Å². The molecule has 112 valence electrons. The molecule has 2 aromatic heterocycles. The minimum Gasteiger partial charge on any atom is -0.388 e. The van der Waals surface area contributed by atoms with Gasteiger partial charge in [0.15, 0.2) is 0 Å². The van der Waals surface area contributed by atoms with Crippen molar-refractivity contribution in [1.82, 2.24) is 24.7 Å². The Morgan fingerprint density at radius 1 is 1.19 bits per heavy atom. The van der Waals surface area contributed by atoms with Crippen LogP contribution >= 0.6 is 0 Å². The van der Waals surface area contributed by atoms with Crippen molar-refractivity contribution in [1.29, 1.82) is 0 Å². The highest BCUT2D eigenvalue weighted by Crippen LogP contribution is 2.19. The lowest BCUT2D eigenvalue weighted by molar-refractivity contribution is 0.0572. The molecule has 1 fully saturated rings. The summed E-state index contributed by atoms with van der Waals surface area (Å²) in [6.45, 7) is 3.19. The summed E-state index contributed by atoms with van der Waals surface area (Å²) >= 11 is 0. The van der Waals surface area contributed by atoms with E-state index in [1.54, 1.807) is 23.4 Å². The molecule has 0 spiro atoms. The summed E-state index contributed by atoms with van der Waals surface area (Å²) in [5.41, 5.74) is 0. The zero-order chi connectivity index (χ0) is 14.8. The molecule has 0 radical (unpaired) electrons. The third-order valence-corrected chi connectivity index (χ3v) is 3.20. The van der Waals surface area contributed by atoms with E-state index < -0.39 is 12.2 Å². The lowest BCUT2D eigenvalue weighted by Gasteiger charge is -2.16. The van der Waals surface area contributed by atoms with Gasteiger partial charge in [0, 0.05) is 32.0 Å². The quantitative estimate of drug-likeness (QED) is 0.659. The van der Waals surface area contributed by atoms with E-state index in [-0.39, 0.29) is 13.1 Å². The first-order valence-corrected chi connectivity index (χ1v) is 6.78. The SMILES string of the molecule is CCNc1nc(N2CC(O)C(O)C2)nc(-n2cccn2)n1. The Morgan fingerprint density at radius 3 is 2.52 bits per heavy atom. The van der Waals surface area contributed by atoms with Gasteiger partial charge < -0.3 is 20.4 Å². The maximum Gasteiger partial charge on any atom is 0.257 e. The average Bonchev–Trinajstić information content (AvgIpc) is 3.10. The Labute approximate surface area is 121 Å². The minimum absolute atomic E-state index is 0.287. The fourth-order valence-electron chi connectivity index (χ4n) is 2.15. The van der Waals surface area contributed by atoms with Crippen LogP contribution in [0.1, 0.15) is 6.92 Å². The highest BCUT2D eigenvalue weighted by atomic mass is 16.3. The number of anilines is 2. The monoisotopic (exact) mass is 291 g/mol. The molecule has 2 aromatic rings. The van der Waals surface area contributed by atoms with Crippen molar-refractivity contribution in [2.24, 2.45) is 0 Å². The van der Waals surface area contributed by atoms with Gasteiger partial charge in [-0.25, -0.2) is 4.68 Å². The lowest BCUT2D eigenvalue weighted by atomic mass is 10.3. The molecule has 0 saturated carbocycles. The summed E-state index contributed by atoms with van der Waals surface area (Å²) in [5.74, 6) is 1.22. The standard InChI is InChI=1S/C12H17N7O2/c1-2-13-10-15-11(18-6-8(20)9(21)7-18)17-12(16-10)19-5-3-4-14-19/h3-5,8-9,20-21H,2,6-7H2,1H3,(H,13,15,16,17). The Kier molecular flexibility index (Phi) is 3.67. The topological polar surface area (TPSA) is 112 Å². The van der Waals surface area contributed by atoms with Crippen LogP contribution in [0, 0.1) is 0 Å². The first kappa shape index (κ1) is 13.7. The van der Waals surface area contributed by atoms with Crippen LogP contribution in [0.25, 0.3) is 5.95 Å². The number of β-amino-alcohol motifs (C(OH)–C–C–N with tert-alkyl or cyclic N) is 2. The van der Waals surface area contributed by atoms with Gasteiger partial charge in [-0.3, -0.25) is 0 Å². The van der Waals surface area contributed by atoms with Crippen LogP contribution in [0.2, 0.25) is 0 Å². The molecule has 1 aliphatic rings. The largest absolute Gasteiger partial charge is 0.388 e. The molecule has 9 nitrogen and oxygen atoms in total. The van der Waals surface area contributed by atoms with E-state index in [4.69, 9.17) is 0 Å². The van der Waals surface area contributed by atoms with Crippen LogP contribution < -0.4 is 10.2 Å². The van der Waals surface area contributed by atoms with Crippen LogP contribution in [0.4, 0.5) is 11.9 Å². The van der Waals surface area contributed by atoms with E-state index in [1.165, 1.54) is 4.68 Å². The Hall–Kier alpha value is -2.26. The number of hydrogen-bond donors (Lipinski definition) is 3. The number of aliphatic hydroxyl groups excluding tert-OH is 2. The molecule has 21 heavy (non-hydrogen) atoms. The molecule has 2 atom stereocenters. The number of aromatic nitrogens is 5. The molecule has 3 N–H and O–H groups in total. The van der Waals surface area contributed by atoms with E-state index in [1.807, 2.05) is 6.92 Å². The van der Waals surface area contributed by atoms with Crippen molar-refractivity contribution in [2.45, 2.75) is 19.1 Å². The second-order valence-corrected chi connectivity index (χ2v) is 4.78. The van der Waals surface area contributed by atoms with Crippen molar-refractivity contribution in [3.05, 3.63) is 18.5 Å². The predicted molar refractivity (Wildman–Crippen MR) is 75.3 cm³/mol. The number of aliphatic hydroxyl groups is 2. The molecule has 2 unspecified atom stereocenters. The molecular formula is C12H17N7O2. The Morgan fingerprint density at radius 2 is 1.90 bits per heavy atom. The summed E-state index contributed by atoms with van der Waals surface area (Å²) in [5, 5.41) is 26.5. The van der Waals surface area contributed by atoms with E-state index in [0.717, 1.165) is 0 Å². The summed E-state index contributed by atoms with van der Waals surface area (Å²) in [4.78, 5) is 14.7. The molecule has 1 aliphatic heterocycles. The van der Waals surface area contributed by atoms with Crippen LogP contribution in [-0.4, -0.2) is 66.8 Å². The van der Waals surface area contributed by atoms with Crippen molar-refractivity contribution < 1.29 is 10.2 Å². The van der Waals surface area contributed by atoms with E-state index in [9.17, 15) is 10.2 Å². The van der Waals surface area contributed by atoms with Crippen molar-refractivity contribution in [2.75, 3.05) is 29.9 Å². The van der Waals surface area contributed by atoms with Gasteiger partial charge in [0.05, 0.1) is 12.2 Å². The number of hydrogen-bond acceptors (Lipinski definition) is 8. The third-order valence-electron chi connectivity index (χ3n) is 3.20. The number of nitrogens with zero attached hydrogens (tertiary/aromatic N) is 6. The maximum atomic E-state index is 9.66. The van der Waals surface area contributed by atoms with Gasteiger partial charge in [0.1, 0.15) is 0 Å². The normalized spacial score (nSPS) is 21.8. The van der Waals surface area contributed by atoms with E-state index in [0.29, 0.717) is 24.4 Å². The van der Waals surface area contributed by atoms with E-state index >= 15 is 0 Å². The summed E-state index contributed by atoms with van der Waals surface area (Å²) in [6.07, 6.45) is 1.79. The fraction of sp³-hybridized carbons (Fsp3) is 0.500. The molecule has 0 bridgehead atoms. The Balaban J connectivity index is 1.96. The second kappa shape index (κ2) is 5.62. The smallest absolute Gasteiger partial charge is 0.257 e. The van der Waals surface area contributed by atoms with Crippen LogP contribution in [0.5, 0.6) is 0 Å². The summed E-state index contributed by atoms with van der Waals surface area (Å²) in [6, 6.07) is 1.78. The molecule has 3 heterocycles. The zero-order valence-corrected chi connectivity index (χ0v) is 11.6. The Bertz CT molecular complexity index is 594. The minimum atomic E-state index is -0.794. The first-order chi connectivity index (χ1) is 10.2. The molecule has 9 heteroatoms. The van der Waals surface area contributed by atoms with E-state index in [2.05, 4.69) is 25.4 Å². The van der Waals surface area contributed by atoms with Crippen LogP contribution in [-0.2, 0) is 0 Å². The summed E-state index contributed by atoms with van der Waals surface area (Å²) < 4.78 is 1.54. The average molecular weight is 291 g/mol. The van der Waals surface area contributed by atoms with Crippen LogP contribution in [0.15, 0.2) is 18.5 Å². The number of nitrogens with one attached hydrogen (secondary N) is 1. The molecule has 3 rings (SSSR count). The number of rotatable bonds is 4. The van der Waals surface area contributed by atoms with Gasteiger partial charge in [0.25, 0.3) is 5.95 Å². The molecule has 0 aliphatic carbocycles. The molecular weight excluding hydrogens is 274 g/mol. The molecule has 1 saturated heterocycles. The molecule has 0 aromatic carbocycles. The highest BCUT2D eigenvalue weighted by molar-refractivity contribution is 5.41. The fourth-order valence-corrected chi connectivity index (χ4v) is 2.15. The second-order valence-electron chi connectivity index (χ2n) is 4.78. The van der Waals surface area contributed by atoms with Crippen molar-refractivity contribution in [3.8, 4) is 5.95 Å². The third kappa shape index (κ3) is 2.78. The first-order valence-electron chi connectivity index (χ1n) is 6.78. The maximum absolute atomic E-state index is 9.66. The highest BCUT2D eigenvalue weighted by Gasteiger charge is 2.31. The zero-order valence-electron chi connectivity index (χ0n) is 11.6.